The summed E-state index contributed by atoms with van der Waals surface area (Å²) in [6, 6.07) is -1.39. The van der Waals surface area contributed by atoms with E-state index < -0.39 is 24.5 Å². The molecule has 2 amide bonds. The summed E-state index contributed by atoms with van der Waals surface area (Å²) in [5.41, 5.74) is 0. The number of carboxylic acid groups (broad SMARTS) is 1. The highest BCUT2D eigenvalue weighted by molar-refractivity contribution is 5.87. The van der Waals surface area contributed by atoms with Crippen LogP contribution in [0.2, 0.25) is 0 Å². The van der Waals surface area contributed by atoms with Crippen LogP contribution in [0.5, 0.6) is 0 Å². The van der Waals surface area contributed by atoms with E-state index in [4.69, 9.17) is 14.9 Å². The molecule has 2 atom stereocenters. The molecule has 46 heavy (non-hydrogen) atoms. The van der Waals surface area contributed by atoms with E-state index >= 15 is 0 Å². The van der Waals surface area contributed by atoms with E-state index in [9.17, 15) is 19.2 Å². The van der Waals surface area contributed by atoms with Gasteiger partial charge in [-0.25, -0.2) is 4.79 Å². The van der Waals surface area contributed by atoms with Gasteiger partial charge in [-0.3, -0.25) is 14.4 Å². The summed E-state index contributed by atoms with van der Waals surface area (Å²) in [7, 11) is 0. The molecule has 0 aliphatic rings. The van der Waals surface area contributed by atoms with E-state index in [2.05, 4.69) is 42.7 Å². The van der Waals surface area contributed by atoms with Crippen molar-refractivity contribution in [1.29, 1.82) is 0 Å². The summed E-state index contributed by atoms with van der Waals surface area (Å²) in [5, 5.41) is 22.4. The maximum Gasteiger partial charge on any atom is 0.328 e. The maximum absolute atomic E-state index is 12.5. The summed E-state index contributed by atoms with van der Waals surface area (Å²) in [5.74, 6) is -2.42. The molecule has 0 rings (SSSR count). The number of hydrogen-bond acceptors (Lipinski definition) is 6. The number of hydrogen-bond donors (Lipinski definition) is 4. The second kappa shape index (κ2) is 32.3. The predicted molar refractivity (Wildman–Crippen MR) is 185 cm³/mol. The quantitative estimate of drug-likeness (QED) is 0.0332. The standard InChI is InChI=1S/C37H66N2O7/c1-3-5-7-9-10-11-12-13-14-15-16-17-18-19-25-29-36(43)46-32(26-22-8-6-4-2)27-23-20-21-24-28-34(41)38-30-35(42)39-33(31-40)37(44)45/h13-14,22,26,32-33,40H,3-12,15-21,23-25,27-31H2,1-2H3,(H,38,41)(H,39,42)(H,44,45)/b14-13-,26-22-. The van der Waals surface area contributed by atoms with Crippen LogP contribution in [0.15, 0.2) is 24.3 Å². The summed E-state index contributed by atoms with van der Waals surface area (Å²) in [6.45, 7) is 3.35. The molecule has 0 saturated carbocycles. The fourth-order valence-corrected chi connectivity index (χ4v) is 5.01. The number of aliphatic hydroxyl groups is 1. The lowest BCUT2D eigenvalue weighted by Gasteiger charge is -2.15. The molecule has 0 heterocycles. The highest BCUT2D eigenvalue weighted by Crippen LogP contribution is 2.15. The molecule has 0 aliphatic heterocycles. The number of unbranched alkanes of at least 4 members (excludes halogenated alkanes) is 16. The normalized spacial score (nSPS) is 12.8. The van der Waals surface area contributed by atoms with Gasteiger partial charge in [0.25, 0.3) is 0 Å². The molecule has 0 saturated heterocycles. The third-order valence-electron chi connectivity index (χ3n) is 7.91. The van der Waals surface area contributed by atoms with E-state index in [1.54, 1.807) is 0 Å². The van der Waals surface area contributed by atoms with Gasteiger partial charge in [0.15, 0.2) is 0 Å². The SMILES string of the molecule is CCCC/C=C\C(CCCCCCC(=O)NCC(=O)NC(CO)C(=O)O)OC(=O)CCCCCCC/C=C\CCCCCCCC. The van der Waals surface area contributed by atoms with Crippen LogP contribution in [0.25, 0.3) is 0 Å². The molecule has 0 bridgehead atoms. The van der Waals surface area contributed by atoms with Crippen LogP contribution in [0, 0.1) is 0 Å². The minimum absolute atomic E-state index is 0.128. The topological polar surface area (TPSA) is 142 Å². The average molecular weight is 651 g/mol. The molecule has 0 fully saturated rings. The molecule has 0 spiro atoms. The van der Waals surface area contributed by atoms with Crippen LogP contribution in [-0.2, 0) is 23.9 Å². The zero-order chi connectivity index (χ0) is 34.1. The third kappa shape index (κ3) is 28.8. The number of esters is 1. The van der Waals surface area contributed by atoms with Crippen molar-refractivity contribution in [3.8, 4) is 0 Å². The van der Waals surface area contributed by atoms with Crippen molar-refractivity contribution >= 4 is 23.8 Å². The smallest absolute Gasteiger partial charge is 0.328 e. The van der Waals surface area contributed by atoms with E-state index in [0.29, 0.717) is 12.8 Å². The first-order valence-electron chi connectivity index (χ1n) is 18.2. The van der Waals surface area contributed by atoms with E-state index in [-0.39, 0.29) is 30.9 Å². The molecular weight excluding hydrogens is 584 g/mol. The Morgan fingerprint density at radius 3 is 1.80 bits per heavy atom. The van der Waals surface area contributed by atoms with Gasteiger partial charge in [0.05, 0.1) is 13.2 Å². The number of ether oxygens (including phenoxy) is 1. The van der Waals surface area contributed by atoms with E-state index in [1.165, 1.54) is 57.8 Å². The molecule has 0 aromatic heterocycles. The number of aliphatic hydroxyl groups excluding tert-OH is 1. The van der Waals surface area contributed by atoms with Crippen LogP contribution in [-0.4, -0.2) is 59.3 Å². The lowest BCUT2D eigenvalue weighted by Crippen LogP contribution is -2.47. The lowest BCUT2D eigenvalue weighted by molar-refractivity contribution is -0.147. The Labute approximate surface area is 279 Å². The van der Waals surface area contributed by atoms with Crippen LogP contribution in [0.3, 0.4) is 0 Å². The van der Waals surface area contributed by atoms with Crippen LogP contribution < -0.4 is 10.6 Å². The zero-order valence-corrected chi connectivity index (χ0v) is 29.1. The van der Waals surface area contributed by atoms with Gasteiger partial charge >= 0.3 is 11.9 Å². The Kier molecular flexibility index (Phi) is 30.4. The highest BCUT2D eigenvalue weighted by Gasteiger charge is 2.18. The Morgan fingerprint density at radius 2 is 1.20 bits per heavy atom. The monoisotopic (exact) mass is 650 g/mol. The first-order valence-corrected chi connectivity index (χ1v) is 18.2. The van der Waals surface area contributed by atoms with Crippen molar-refractivity contribution in [2.45, 2.75) is 174 Å². The Bertz CT molecular complexity index is 844. The van der Waals surface area contributed by atoms with Crippen molar-refractivity contribution in [3.63, 3.8) is 0 Å². The molecule has 9 heteroatoms. The van der Waals surface area contributed by atoms with Crippen molar-refractivity contribution in [1.82, 2.24) is 10.6 Å². The summed E-state index contributed by atoms with van der Waals surface area (Å²) < 4.78 is 5.81. The molecule has 0 aromatic rings. The van der Waals surface area contributed by atoms with Crippen molar-refractivity contribution in [2.24, 2.45) is 0 Å². The number of carbonyl (C=O) groups excluding carboxylic acids is 3. The van der Waals surface area contributed by atoms with E-state index in [1.807, 2.05) is 6.08 Å². The molecule has 0 aliphatic carbocycles. The second-order valence-electron chi connectivity index (χ2n) is 12.3. The van der Waals surface area contributed by atoms with Gasteiger partial charge in [0.2, 0.25) is 11.8 Å². The Morgan fingerprint density at radius 1 is 0.652 bits per heavy atom. The summed E-state index contributed by atoms with van der Waals surface area (Å²) >= 11 is 0. The fourth-order valence-electron chi connectivity index (χ4n) is 5.01. The number of carboxylic acids is 1. The molecule has 266 valence electrons. The number of nitrogens with one attached hydrogen (secondary N) is 2. The summed E-state index contributed by atoms with van der Waals surface area (Å²) in [4.78, 5) is 47.1. The number of allylic oxidation sites excluding steroid dienone is 3. The summed E-state index contributed by atoms with van der Waals surface area (Å²) in [6.07, 6.45) is 32.5. The largest absolute Gasteiger partial charge is 0.480 e. The first kappa shape index (κ1) is 43.3. The van der Waals surface area contributed by atoms with Crippen LogP contribution in [0.1, 0.15) is 162 Å². The minimum Gasteiger partial charge on any atom is -0.480 e. The number of amides is 2. The second-order valence-corrected chi connectivity index (χ2v) is 12.3. The van der Waals surface area contributed by atoms with Gasteiger partial charge in [-0.05, 0) is 63.9 Å². The minimum atomic E-state index is -1.39. The molecular formula is C37H66N2O7. The van der Waals surface area contributed by atoms with Gasteiger partial charge in [-0.1, -0.05) is 109 Å². The average Bonchev–Trinajstić information content (AvgIpc) is 3.03. The molecule has 9 nitrogen and oxygen atoms in total. The molecule has 2 unspecified atom stereocenters. The van der Waals surface area contributed by atoms with Gasteiger partial charge < -0.3 is 25.6 Å². The third-order valence-corrected chi connectivity index (χ3v) is 7.91. The first-order chi connectivity index (χ1) is 22.3. The molecule has 4 N–H and O–H groups in total. The van der Waals surface area contributed by atoms with Crippen molar-refractivity contribution in [2.75, 3.05) is 13.2 Å². The van der Waals surface area contributed by atoms with E-state index in [0.717, 1.165) is 70.6 Å². The predicted octanol–water partition coefficient (Wildman–Crippen LogP) is 7.70. The van der Waals surface area contributed by atoms with Crippen LogP contribution >= 0.6 is 0 Å². The van der Waals surface area contributed by atoms with Gasteiger partial charge in [0.1, 0.15) is 12.1 Å². The number of aliphatic carboxylic acids is 1. The van der Waals surface area contributed by atoms with Crippen LogP contribution in [0.4, 0.5) is 0 Å². The van der Waals surface area contributed by atoms with Gasteiger partial charge in [0, 0.05) is 12.8 Å². The Hall–Kier alpha value is -2.68. The molecule has 0 radical (unpaired) electrons. The number of carbonyl (C=O) groups is 4. The highest BCUT2D eigenvalue weighted by atomic mass is 16.5. The lowest BCUT2D eigenvalue weighted by atomic mass is 10.1. The van der Waals surface area contributed by atoms with Gasteiger partial charge in [-0.15, -0.1) is 0 Å². The maximum atomic E-state index is 12.5. The fraction of sp³-hybridized carbons (Fsp3) is 0.784. The Balaban J connectivity index is 4.08. The van der Waals surface area contributed by atoms with Crippen molar-refractivity contribution in [3.05, 3.63) is 24.3 Å². The van der Waals surface area contributed by atoms with Crippen molar-refractivity contribution < 1.29 is 34.1 Å². The number of rotatable bonds is 32. The van der Waals surface area contributed by atoms with Gasteiger partial charge in [-0.2, -0.15) is 0 Å². The zero-order valence-electron chi connectivity index (χ0n) is 29.1. The molecule has 0 aromatic carbocycles.